The molecule has 1 amide bonds. The van der Waals surface area contributed by atoms with E-state index >= 15 is 0 Å². The zero-order valence-corrected chi connectivity index (χ0v) is 14.4. The van der Waals surface area contributed by atoms with Gasteiger partial charge in [0.25, 0.3) is 5.91 Å². The number of nitrogens with zero attached hydrogens (tertiary/aromatic N) is 3. The summed E-state index contributed by atoms with van der Waals surface area (Å²) in [5, 5.41) is 4.42. The van der Waals surface area contributed by atoms with E-state index in [9.17, 15) is 4.79 Å². The van der Waals surface area contributed by atoms with E-state index in [1.54, 1.807) is 4.68 Å². The molecule has 24 heavy (non-hydrogen) atoms. The summed E-state index contributed by atoms with van der Waals surface area (Å²) in [5.74, 6) is 0.463. The Hall–Kier alpha value is -2.14. The lowest BCUT2D eigenvalue weighted by Gasteiger charge is -2.25. The van der Waals surface area contributed by atoms with Gasteiger partial charge >= 0.3 is 0 Å². The van der Waals surface area contributed by atoms with Gasteiger partial charge in [0.1, 0.15) is 5.69 Å². The number of ether oxygens (including phenoxy) is 1. The lowest BCUT2D eigenvalue weighted by Crippen LogP contribution is -2.36. The van der Waals surface area contributed by atoms with Crippen LogP contribution in [-0.2, 0) is 17.8 Å². The Morgan fingerprint density at radius 2 is 2.17 bits per heavy atom. The van der Waals surface area contributed by atoms with Crippen LogP contribution < -0.4 is 0 Å². The zero-order chi connectivity index (χ0) is 16.9. The highest BCUT2D eigenvalue weighted by molar-refractivity contribution is 5.92. The van der Waals surface area contributed by atoms with E-state index in [0.717, 1.165) is 37.4 Å². The molecule has 0 bridgehead atoms. The third-order valence-electron chi connectivity index (χ3n) is 4.43. The molecule has 1 aliphatic heterocycles. The molecule has 1 saturated heterocycles. The van der Waals surface area contributed by atoms with Crippen LogP contribution in [0.15, 0.2) is 36.4 Å². The van der Waals surface area contributed by atoms with Crippen LogP contribution in [0, 0.1) is 12.8 Å². The third-order valence-corrected chi connectivity index (χ3v) is 4.43. The van der Waals surface area contributed by atoms with Gasteiger partial charge in [-0.15, -0.1) is 0 Å². The molecule has 1 aromatic carbocycles. The molecular formula is C19H25N3O2. The van der Waals surface area contributed by atoms with Crippen molar-refractivity contribution < 1.29 is 9.53 Å². The number of rotatable bonds is 6. The maximum atomic E-state index is 13.2. The molecule has 0 aliphatic carbocycles. The van der Waals surface area contributed by atoms with E-state index in [2.05, 4.69) is 17.2 Å². The SMILES string of the molecule is CCn1nc(C)cc1C(=O)N(Cc1ccccc1)CC1CCOC1. The summed E-state index contributed by atoms with van der Waals surface area (Å²) in [6, 6.07) is 12.0. The summed E-state index contributed by atoms with van der Waals surface area (Å²) < 4.78 is 7.28. The molecule has 1 atom stereocenters. The van der Waals surface area contributed by atoms with Crippen LogP contribution in [0.5, 0.6) is 0 Å². The van der Waals surface area contributed by atoms with Crippen LogP contribution in [0.4, 0.5) is 0 Å². The first-order chi connectivity index (χ1) is 11.7. The van der Waals surface area contributed by atoms with Crippen molar-refractivity contribution >= 4 is 5.91 Å². The molecule has 1 unspecified atom stereocenters. The number of amides is 1. The molecule has 128 valence electrons. The van der Waals surface area contributed by atoms with Gasteiger partial charge in [-0.2, -0.15) is 5.10 Å². The highest BCUT2D eigenvalue weighted by Gasteiger charge is 2.25. The van der Waals surface area contributed by atoms with E-state index in [4.69, 9.17) is 4.74 Å². The zero-order valence-electron chi connectivity index (χ0n) is 14.4. The standard InChI is InChI=1S/C19H25N3O2/c1-3-22-18(11-15(2)20-22)19(23)21(13-17-9-10-24-14-17)12-16-7-5-4-6-8-16/h4-8,11,17H,3,9-10,12-14H2,1-2H3. The Kier molecular flexibility index (Phi) is 5.30. The van der Waals surface area contributed by atoms with Crippen LogP contribution in [0.1, 0.15) is 35.1 Å². The summed E-state index contributed by atoms with van der Waals surface area (Å²) in [6.45, 7) is 7.51. The topological polar surface area (TPSA) is 47.4 Å². The Labute approximate surface area is 143 Å². The molecule has 0 radical (unpaired) electrons. The van der Waals surface area contributed by atoms with Crippen molar-refractivity contribution in [2.24, 2.45) is 5.92 Å². The smallest absolute Gasteiger partial charge is 0.272 e. The molecule has 0 N–H and O–H groups in total. The Morgan fingerprint density at radius 3 is 2.83 bits per heavy atom. The maximum absolute atomic E-state index is 13.2. The number of aryl methyl sites for hydroxylation is 2. The predicted octanol–water partition coefficient (Wildman–Crippen LogP) is 2.89. The van der Waals surface area contributed by atoms with E-state index in [1.807, 2.05) is 43.0 Å². The van der Waals surface area contributed by atoms with Gasteiger partial charge in [0.15, 0.2) is 0 Å². The second-order valence-electron chi connectivity index (χ2n) is 6.39. The van der Waals surface area contributed by atoms with Crippen molar-refractivity contribution in [2.45, 2.75) is 33.4 Å². The molecule has 1 aliphatic rings. The molecule has 0 saturated carbocycles. The minimum Gasteiger partial charge on any atom is -0.381 e. The molecule has 5 heteroatoms. The summed E-state index contributed by atoms with van der Waals surface area (Å²) in [7, 11) is 0. The molecule has 5 nitrogen and oxygen atoms in total. The molecule has 2 aromatic rings. The summed E-state index contributed by atoms with van der Waals surface area (Å²) in [6.07, 6.45) is 1.02. The molecule has 1 fully saturated rings. The quantitative estimate of drug-likeness (QED) is 0.819. The predicted molar refractivity (Wildman–Crippen MR) is 92.7 cm³/mol. The van der Waals surface area contributed by atoms with E-state index in [1.165, 1.54) is 0 Å². The van der Waals surface area contributed by atoms with Crippen molar-refractivity contribution in [1.82, 2.24) is 14.7 Å². The van der Waals surface area contributed by atoms with E-state index < -0.39 is 0 Å². The van der Waals surface area contributed by atoms with E-state index in [-0.39, 0.29) is 5.91 Å². The molecule has 1 aromatic heterocycles. The number of hydrogen-bond donors (Lipinski definition) is 0. The van der Waals surface area contributed by atoms with Gasteiger partial charge in [0, 0.05) is 32.2 Å². The number of aromatic nitrogens is 2. The number of carbonyl (C=O) groups excluding carboxylic acids is 1. The lowest BCUT2D eigenvalue weighted by atomic mass is 10.1. The molecular weight excluding hydrogens is 302 g/mol. The summed E-state index contributed by atoms with van der Waals surface area (Å²) in [5.41, 5.74) is 2.69. The van der Waals surface area contributed by atoms with Crippen molar-refractivity contribution in [3.8, 4) is 0 Å². The Bertz CT molecular complexity index is 675. The number of benzene rings is 1. The van der Waals surface area contributed by atoms with Crippen molar-refractivity contribution in [1.29, 1.82) is 0 Å². The fourth-order valence-corrected chi connectivity index (χ4v) is 3.18. The molecule has 2 heterocycles. The third kappa shape index (κ3) is 3.85. The summed E-state index contributed by atoms with van der Waals surface area (Å²) >= 11 is 0. The van der Waals surface area contributed by atoms with Crippen LogP contribution in [-0.4, -0.2) is 40.3 Å². The van der Waals surface area contributed by atoms with Gasteiger partial charge in [-0.3, -0.25) is 9.48 Å². The number of carbonyl (C=O) groups is 1. The normalized spacial score (nSPS) is 17.2. The largest absolute Gasteiger partial charge is 0.381 e. The minimum absolute atomic E-state index is 0.0493. The Balaban J connectivity index is 1.83. The van der Waals surface area contributed by atoms with Crippen molar-refractivity contribution in [3.05, 3.63) is 53.3 Å². The van der Waals surface area contributed by atoms with Gasteiger partial charge in [0.2, 0.25) is 0 Å². The first kappa shape index (κ1) is 16.7. The fourth-order valence-electron chi connectivity index (χ4n) is 3.18. The first-order valence-electron chi connectivity index (χ1n) is 8.62. The van der Waals surface area contributed by atoms with Crippen molar-refractivity contribution in [3.63, 3.8) is 0 Å². The van der Waals surface area contributed by atoms with Gasteiger partial charge in [-0.1, -0.05) is 30.3 Å². The van der Waals surface area contributed by atoms with Gasteiger partial charge < -0.3 is 9.64 Å². The van der Waals surface area contributed by atoms with Gasteiger partial charge in [-0.05, 0) is 31.9 Å². The second kappa shape index (κ2) is 7.62. The van der Waals surface area contributed by atoms with Gasteiger partial charge in [0.05, 0.1) is 12.3 Å². The lowest BCUT2D eigenvalue weighted by molar-refractivity contribution is 0.0694. The Morgan fingerprint density at radius 1 is 1.38 bits per heavy atom. The highest BCUT2D eigenvalue weighted by atomic mass is 16.5. The molecule has 3 rings (SSSR count). The van der Waals surface area contributed by atoms with Crippen molar-refractivity contribution in [2.75, 3.05) is 19.8 Å². The average molecular weight is 327 g/mol. The molecule has 0 spiro atoms. The average Bonchev–Trinajstić information content (AvgIpc) is 3.23. The summed E-state index contributed by atoms with van der Waals surface area (Å²) in [4.78, 5) is 15.1. The second-order valence-corrected chi connectivity index (χ2v) is 6.39. The maximum Gasteiger partial charge on any atom is 0.272 e. The number of hydrogen-bond acceptors (Lipinski definition) is 3. The van der Waals surface area contributed by atoms with Crippen LogP contribution in [0.25, 0.3) is 0 Å². The van der Waals surface area contributed by atoms with Crippen LogP contribution in [0.3, 0.4) is 0 Å². The minimum atomic E-state index is 0.0493. The van der Waals surface area contributed by atoms with E-state index in [0.29, 0.717) is 24.7 Å². The van der Waals surface area contributed by atoms with Crippen LogP contribution in [0.2, 0.25) is 0 Å². The highest BCUT2D eigenvalue weighted by Crippen LogP contribution is 2.18. The van der Waals surface area contributed by atoms with Crippen LogP contribution >= 0.6 is 0 Å². The first-order valence-corrected chi connectivity index (χ1v) is 8.62. The van der Waals surface area contributed by atoms with Gasteiger partial charge in [-0.25, -0.2) is 0 Å². The fraction of sp³-hybridized carbons (Fsp3) is 0.474. The monoisotopic (exact) mass is 327 g/mol.